The van der Waals surface area contributed by atoms with Gasteiger partial charge in [0, 0.05) is 49.1 Å². The van der Waals surface area contributed by atoms with Crippen LogP contribution in [0.1, 0.15) is 27.0 Å². The summed E-state index contributed by atoms with van der Waals surface area (Å²) in [5.41, 5.74) is 9.25. The molecule has 2 N–H and O–H groups in total. The molecule has 0 radical (unpaired) electrons. The SMILES string of the molecule is COc1cc(-c2cnc3[nH]cc(-c4ccc(C(=O)N5CC(O)C5)c(C)c4)c3n2)cc2c1CCN(C)C2. The highest BCUT2D eigenvalue weighted by Gasteiger charge is 2.30. The summed E-state index contributed by atoms with van der Waals surface area (Å²) in [6, 6.07) is 10.1. The molecule has 0 saturated carbocycles. The Morgan fingerprint density at radius 2 is 2.03 bits per heavy atom. The quantitative estimate of drug-likeness (QED) is 0.462. The number of likely N-dealkylation sites (tertiary alicyclic amines) is 1. The smallest absolute Gasteiger partial charge is 0.254 e. The number of benzene rings is 2. The molecule has 2 aliphatic heterocycles. The van der Waals surface area contributed by atoms with Gasteiger partial charge in [0.2, 0.25) is 0 Å². The van der Waals surface area contributed by atoms with Crippen LogP contribution in [0.3, 0.4) is 0 Å². The predicted octanol–water partition coefficient (Wildman–Crippen LogP) is 3.41. The molecule has 184 valence electrons. The van der Waals surface area contributed by atoms with Crippen molar-refractivity contribution in [2.75, 3.05) is 33.8 Å². The maximum Gasteiger partial charge on any atom is 0.254 e. The fourth-order valence-electron chi connectivity index (χ4n) is 5.24. The molecule has 0 spiro atoms. The lowest BCUT2D eigenvalue weighted by atomic mass is 9.95. The highest BCUT2D eigenvalue weighted by atomic mass is 16.5. The average Bonchev–Trinajstić information content (AvgIpc) is 3.28. The monoisotopic (exact) mass is 483 g/mol. The molecule has 2 aromatic carbocycles. The number of amides is 1. The standard InChI is InChI=1S/C28H29N5O3/c1-16-8-17(4-5-21(16)28(35)33-14-20(34)15-33)23-11-29-27-26(23)31-24(12-30-27)18-9-19-13-32(2)7-6-22(19)25(10-18)36-3/h4-5,8-12,20,34H,6-7,13-15H2,1-3H3,(H,29,30). The lowest BCUT2D eigenvalue weighted by Crippen LogP contribution is -2.53. The van der Waals surface area contributed by atoms with Crippen LogP contribution in [0.5, 0.6) is 5.75 Å². The first-order valence-corrected chi connectivity index (χ1v) is 12.2. The number of aryl methyl sites for hydroxylation is 1. The number of methoxy groups -OCH3 is 1. The summed E-state index contributed by atoms with van der Waals surface area (Å²) >= 11 is 0. The van der Waals surface area contributed by atoms with Crippen LogP contribution >= 0.6 is 0 Å². The lowest BCUT2D eigenvalue weighted by molar-refractivity contribution is 0.00584. The third-order valence-electron chi connectivity index (χ3n) is 7.30. The van der Waals surface area contributed by atoms with Crippen LogP contribution in [0.2, 0.25) is 0 Å². The van der Waals surface area contributed by atoms with Crippen molar-refractivity contribution in [3.8, 4) is 28.1 Å². The van der Waals surface area contributed by atoms with Gasteiger partial charge >= 0.3 is 0 Å². The van der Waals surface area contributed by atoms with Gasteiger partial charge in [-0.05, 0) is 60.8 Å². The Morgan fingerprint density at radius 3 is 2.78 bits per heavy atom. The molecule has 0 bridgehead atoms. The molecule has 1 saturated heterocycles. The van der Waals surface area contributed by atoms with E-state index in [1.165, 1.54) is 11.1 Å². The Hall–Kier alpha value is -3.75. The maximum atomic E-state index is 12.8. The Morgan fingerprint density at radius 1 is 1.19 bits per heavy atom. The number of hydrogen-bond acceptors (Lipinski definition) is 6. The second-order valence-electron chi connectivity index (χ2n) is 9.85. The van der Waals surface area contributed by atoms with E-state index in [0.717, 1.165) is 58.7 Å². The third kappa shape index (κ3) is 3.83. The molecule has 4 aromatic rings. The van der Waals surface area contributed by atoms with Gasteiger partial charge in [0.15, 0.2) is 5.65 Å². The number of nitrogens with one attached hydrogen (secondary N) is 1. The van der Waals surface area contributed by atoms with E-state index in [9.17, 15) is 9.90 Å². The van der Waals surface area contributed by atoms with Gasteiger partial charge in [-0.2, -0.15) is 0 Å². The molecule has 0 atom stereocenters. The Bertz CT molecular complexity index is 1490. The van der Waals surface area contributed by atoms with Crippen molar-refractivity contribution in [2.45, 2.75) is 26.0 Å². The number of aromatic nitrogens is 3. The van der Waals surface area contributed by atoms with Gasteiger partial charge in [-0.3, -0.25) is 4.79 Å². The van der Waals surface area contributed by atoms with Crippen LogP contribution in [0.15, 0.2) is 42.7 Å². The van der Waals surface area contributed by atoms with Gasteiger partial charge < -0.3 is 24.6 Å². The number of likely N-dealkylation sites (N-methyl/N-ethyl adjacent to an activating group) is 1. The van der Waals surface area contributed by atoms with E-state index >= 15 is 0 Å². The Balaban J connectivity index is 1.37. The first-order chi connectivity index (χ1) is 17.4. The molecule has 2 aromatic heterocycles. The molecule has 8 nitrogen and oxygen atoms in total. The molecule has 1 amide bonds. The number of aromatic amines is 1. The highest BCUT2D eigenvalue weighted by molar-refractivity contribution is 5.98. The molecular weight excluding hydrogens is 454 g/mol. The zero-order valence-corrected chi connectivity index (χ0v) is 20.7. The van der Waals surface area contributed by atoms with E-state index in [0.29, 0.717) is 24.3 Å². The number of carbonyl (C=O) groups excluding carboxylic acids is 1. The zero-order chi connectivity index (χ0) is 25.0. The number of hydrogen-bond donors (Lipinski definition) is 2. The average molecular weight is 484 g/mol. The second-order valence-corrected chi connectivity index (χ2v) is 9.85. The largest absolute Gasteiger partial charge is 0.496 e. The van der Waals surface area contributed by atoms with Gasteiger partial charge in [0.05, 0.1) is 25.1 Å². The number of β-amino-alcohol motifs (C(OH)–C–C–N with tert-alkyl or cyclic N) is 1. The van der Waals surface area contributed by atoms with E-state index < -0.39 is 6.10 Å². The van der Waals surface area contributed by atoms with Crippen LogP contribution in [0, 0.1) is 6.92 Å². The normalized spacial score (nSPS) is 16.2. The van der Waals surface area contributed by atoms with Gasteiger partial charge in [0.1, 0.15) is 11.3 Å². The van der Waals surface area contributed by atoms with Gasteiger partial charge in [0.25, 0.3) is 5.91 Å². The van der Waals surface area contributed by atoms with Crippen molar-refractivity contribution in [3.63, 3.8) is 0 Å². The Labute approximate surface area is 209 Å². The number of fused-ring (bicyclic) bond motifs is 2. The highest BCUT2D eigenvalue weighted by Crippen LogP contribution is 2.35. The van der Waals surface area contributed by atoms with Crippen LogP contribution < -0.4 is 4.74 Å². The van der Waals surface area contributed by atoms with Crippen LogP contribution in [-0.2, 0) is 13.0 Å². The van der Waals surface area contributed by atoms with E-state index in [1.807, 2.05) is 31.3 Å². The molecule has 0 unspecified atom stereocenters. The summed E-state index contributed by atoms with van der Waals surface area (Å²) in [6.07, 6.45) is 4.27. The number of aliphatic hydroxyl groups excluding tert-OH is 1. The van der Waals surface area contributed by atoms with Crippen molar-refractivity contribution < 1.29 is 14.6 Å². The zero-order valence-electron chi connectivity index (χ0n) is 20.7. The van der Waals surface area contributed by atoms with E-state index in [4.69, 9.17) is 9.72 Å². The number of carbonyl (C=O) groups is 1. The number of ether oxygens (including phenoxy) is 1. The number of rotatable bonds is 4. The summed E-state index contributed by atoms with van der Waals surface area (Å²) in [5, 5.41) is 9.54. The van der Waals surface area contributed by atoms with Crippen LogP contribution in [0.4, 0.5) is 0 Å². The van der Waals surface area contributed by atoms with Crippen LogP contribution in [-0.4, -0.2) is 75.7 Å². The topological polar surface area (TPSA) is 94.6 Å². The van der Waals surface area contributed by atoms with Gasteiger partial charge in [-0.25, -0.2) is 9.97 Å². The Kier molecular flexibility index (Phi) is 5.50. The van der Waals surface area contributed by atoms with Gasteiger partial charge in [-0.15, -0.1) is 0 Å². The summed E-state index contributed by atoms with van der Waals surface area (Å²) in [6.45, 7) is 4.63. The van der Waals surface area contributed by atoms with Gasteiger partial charge in [-0.1, -0.05) is 12.1 Å². The van der Waals surface area contributed by atoms with Crippen molar-refractivity contribution in [2.24, 2.45) is 0 Å². The molecule has 2 aliphatic rings. The maximum absolute atomic E-state index is 12.8. The first kappa shape index (κ1) is 22.7. The number of H-pyrrole nitrogens is 1. The molecule has 1 fully saturated rings. The summed E-state index contributed by atoms with van der Waals surface area (Å²) in [5.74, 6) is 0.856. The van der Waals surface area contributed by atoms with E-state index in [1.54, 1.807) is 18.2 Å². The van der Waals surface area contributed by atoms with E-state index in [2.05, 4.69) is 34.0 Å². The molecule has 6 rings (SSSR count). The minimum atomic E-state index is -0.413. The fraction of sp³-hybridized carbons (Fsp3) is 0.321. The minimum Gasteiger partial charge on any atom is -0.496 e. The molecule has 36 heavy (non-hydrogen) atoms. The molecule has 8 heteroatoms. The molecular formula is C28H29N5O3. The predicted molar refractivity (Wildman–Crippen MR) is 138 cm³/mol. The molecule has 4 heterocycles. The third-order valence-corrected chi connectivity index (χ3v) is 7.30. The van der Waals surface area contributed by atoms with Crippen LogP contribution in [0.25, 0.3) is 33.5 Å². The lowest BCUT2D eigenvalue weighted by Gasteiger charge is -2.36. The second kappa shape index (κ2) is 8.72. The number of aliphatic hydroxyl groups is 1. The van der Waals surface area contributed by atoms with E-state index in [-0.39, 0.29) is 5.91 Å². The molecule has 0 aliphatic carbocycles. The van der Waals surface area contributed by atoms with Crippen molar-refractivity contribution >= 4 is 17.1 Å². The fourth-order valence-corrected chi connectivity index (χ4v) is 5.24. The number of nitrogens with zero attached hydrogens (tertiary/aromatic N) is 4. The minimum absolute atomic E-state index is 0.0441. The summed E-state index contributed by atoms with van der Waals surface area (Å²) < 4.78 is 5.74. The first-order valence-electron chi connectivity index (χ1n) is 12.2. The summed E-state index contributed by atoms with van der Waals surface area (Å²) in [4.78, 5) is 29.6. The van der Waals surface area contributed by atoms with Crippen molar-refractivity contribution in [3.05, 3.63) is 65.0 Å². The van der Waals surface area contributed by atoms with Crippen molar-refractivity contribution in [1.82, 2.24) is 24.8 Å². The van der Waals surface area contributed by atoms with Crippen molar-refractivity contribution in [1.29, 1.82) is 0 Å². The summed E-state index contributed by atoms with van der Waals surface area (Å²) in [7, 11) is 3.85.